The molecule has 2 aromatic rings. The third-order valence-corrected chi connectivity index (χ3v) is 6.07. The number of ketones is 1. The molecule has 2 aliphatic rings. The number of rotatable bonds is 4. The van der Waals surface area contributed by atoms with E-state index in [-0.39, 0.29) is 17.1 Å². The molecular weight excluding hydrogens is 402 g/mol. The van der Waals surface area contributed by atoms with Gasteiger partial charge in [-0.2, -0.15) is 0 Å². The first kappa shape index (κ1) is 21.8. The first-order chi connectivity index (χ1) is 15.2. The molecule has 4 rings (SSSR count). The van der Waals surface area contributed by atoms with Gasteiger partial charge in [0.2, 0.25) is 0 Å². The van der Waals surface area contributed by atoms with Crippen molar-refractivity contribution in [2.75, 3.05) is 12.4 Å². The van der Waals surface area contributed by atoms with Crippen LogP contribution in [0.15, 0.2) is 65.1 Å². The van der Waals surface area contributed by atoms with Crippen molar-refractivity contribution >= 4 is 17.5 Å². The first-order valence-electron chi connectivity index (χ1n) is 10.8. The van der Waals surface area contributed by atoms with Gasteiger partial charge in [-0.1, -0.05) is 26.0 Å². The van der Waals surface area contributed by atoms with Crippen molar-refractivity contribution < 1.29 is 14.3 Å². The molecule has 0 radical (unpaired) electrons. The summed E-state index contributed by atoms with van der Waals surface area (Å²) in [7, 11) is 1.61. The molecule has 0 spiro atoms. The van der Waals surface area contributed by atoms with E-state index in [4.69, 9.17) is 4.74 Å². The molecule has 0 bridgehead atoms. The molecule has 1 unspecified atom stereocenters. The first-order valence-corrected chi connectivity index (χ1v) is 10.8. The smallest absolute Gasteiger partial charge is 0.255 e. The number of ether oxygens (including phenoxy) is 1. The predicted molar refractivity (Wildman–Crippen MR) is 124 cm³/mol. The van der Waals surface area contributed by atoms with E-state index < -0.39 is 5.92 Å². The Kier molecular flexibility index (Phi) is 5.63. The fourth-order valence-corrected chi connectivity index (χ4v) is 4.68. The zero-order valence-corrected chi connectivity index (χ0v) is 19.2. The van der Waals surface area contributed by atoms with Gasteiger partial charge in [0.05, 0.1) is 7.11 Å². The average Bonchev–Trinajstić information content (AvgIpc) is 2.71. The molecule has 1 atom stereocenters. The van der Waals surface area contributed by atoms with Crippen molar-refractivity contribution in [3.8, 4) is 5.75 Å². The summed E-state index contributed by atoms with van der Waals surface area (Å²) in [4.78, 5) is 31.2. The zero-order chi connectivity index (χ0) is 23.0. The molecule has 1 aliphatic carbocycles. The number of aromatic nitrogens is 1. The van der Waals surface area contributed by atoms with Crippen LogP contribution in [0, 0.1) is 12.3 Å². The van der Waals surface area contributed by atoms with Crippen LogP contribution in [0.25, 0.3) is 0 Å². The molecule has 1 aromatic carbocycles. The number of dihydropyridines is 1. The molecule has 1 aliphatic heterocycles. The SMILES string of the molecule is COc1cccc(C2C(C(=O)Nc3cc(C)ccn3)=C(C)NC3=C2C(=O)CC(C)(C)C3)c1. The second-order valence-corrected chi connectivity index (χ2v) is 9.38. The summed E-state index contributed by atoms with van der Waals surface area (Å²) < 4.78 is 5.43. The quantitative estimate of drug-likeness (QED) is 0.737. The monoisotopic (exact) mass is 431 g/mol. The number of pyridine rings is 1. The van der Waals surface area contributed by atoms with E-state index in [2.05, 4.69) is 29.5 Å². The van der Waals surface area contributed by atoms with E-state index in [0.717, 1.165) is 28.9 Å². The van der Waals surface area contributed by atoms with Crippen molar-refractivity contribution in [2.24, 2.45) is 5.41 Å². The van der Waals surface area contributed by atoms with Crippen LogP contribution in [0.3, 0.4) is 0 Å². The van der Waals surface area contributed by atoms with Gasteiger partial charge in [-0.3, -0.25) is 9.59 Å². The minimum Gasteiger partial charge on any atom is -0.497 e. The molecule has 0 fully saturated rings. The highest BCUT2D eigenvalue weighted by atomic mass is 16.5. The van der Waals surface area contributed by atoms with Crippen LogP contribution in [0.2, 0.25) is 0 Å². The van der Waals surface area contributed by atoms with Crippen LogP contribution < -0.4 is 15.4 Å². The molecule has 2 N–H and O–H groups in total. The van der Waals surface area contributed by atoms with Gasteiger partial charge in [0.25, 0.3) is 5.91 Å². The van der Waals surface area contributed by atoms with E-state index in [0.29, 0.717) is 29.1 Å². The maximum absolute atomic E-state index is 13.5. The molecule has 32 heavy (non-hydrogen) atoms. The molecule has 0 saturated heterocycles. The lowest BCUT2D eigenvalue weighted by molar-refractivity contribution is -0.118. The normalized spacial score (nSPS) is 19.9. The summed E-state index contributed by atoms with van der Waals surface area (Å²) in [6, 6.07) is 11.3. The number of hydrogen-bond donors (Lipinski definition) is 2. The number of carbonyl (C=O) groups excluding carboxylic acids is 2. The van der Waals surface area contributed by atoms with Crippen molar-refractivity contribution in [2.45, 2.75) is 46.5 Å². The highest BCUT2D eigenvalue weighted by Gasteiger charge is 2.42. The molecule has 1 amide bonds. The van der Waals surface area contributed by atoms with Gasteiger partial charge in [0, 0.05) is 41.1 Å². The average molecular weight is 432 g/mol. The van der Waals surface area contributed by atoms with Gasteiger partial charge in [-0.25, -0.2) is 4.98 Å². The number of amides is 1. The molecule has 2 heterocycles. The standard InChI is InChI=1S/C26H29N3O3/c1-15-9-10-27-21(11-15)29-25(31)22-16(2)28-19-13-26(3,4)14-20(30)24(19)23(22)17-7-6-8-18(12-17)32-5/h6-12,23,28H,13-14H2,1-5H3,(H,27,29,31). The molecular formula is C26H29N3O3. The number of allylic oxidation sites excluding steroid dienone is 3. The van der Waals surface area contributed by atoms with Gasteiger partial charge < -0.3 is 15.4 Å². The Balaban J connectivity index is 1.82. The Morgan fingerprint density at radius 2 is 1.97 bits per heavy atom. The Hall–Kier alpha value is -3.41. The van der Waals surface area contributed by atoms with E-state index in [1.807, 2.05) is 50.2 Å². The van der Waals surface area contributed by atoms with Crippen LogP contribution in [-0.4, -0.2) is 23.8 Å². The van der Waals surface area contributed by atoms with Crippen LogP contribution in [0.1, 0.15) is 50.7 Å². The topological polar surface area (TPSA) is 80.3 Å². The molecule has 1 aromatic heterocycles. The van der Waals surface area contributed by atoms with E-state index >= 15 is 0 Å². The molecule has 6 nitrogen and oxygen atoms in total. The van der Waals surface area contributed by atoms with Crippen LogP contribution in [0.5, 0.6) is 5.75 Å². The minimum absolute atomic E-state index is 0.0723. The summed E-state index contributed by atoms with van der Waals surface area (Å²) in [5, 5.41) is 6.31. The van der Waals surface area contributed by atoms with Gasteiger partial charge >= 0.3 is 0 Å². The number of Topliss-reactive ketones (excluding diaryl/α,β-unsaturated/α-hetero) is 1. The lowest BCUT2D eigenvalue weighted by Gasteiger charge is -2.39. The van der Waals surface area contributed by atoms with Gasteiger partial charge in [0.15, 0.2) is 5.78 Å². The second-order valence-electron chi connectivity index (χ2n) is 9.38. The number of methoxy groups -OCH3 is 1. The highest BCUT2D eigenvalue weighted by Crippen LogP contribution is 2.47. The molecule has 6 heteroatoms. The summed E-state index contributed by atoms with van der Waals surface area (Å²) >= 11 is 0. The Labute approximate surface area is 188 Å². The minimum atomic E-state index is -0.477. The van der Waals surface area contributed by atoms with Gasteiger partial charge in [-0.15, -0.1) is 0 Å². The number of benzene rings is 1. The van der Waals surface area contributed by atoms with Crippen LogP contribution in [-0.2, 0) is 9.59 Å². The third-order valence-electron chi connectivity index (χ3n) is 6.07. The maximum Gasteiger partial charge on any atom is 0.255 e. The number of nitrogens with zero attached hydrogens (tertiary/aromatic N) is 1. The molecule has 166 valence electrons. The van der Waals surface area contributed by atoms with Gasteiger partial charge in [-0.05, 0) is 61.1 Å². The Morgan fingerprint density at radius 3 is 2.69 bits per heavy atom. The van der Waals surface area contributed by atoms with Crippen LogP contribution >= 0.6 is 0 Å². The van der Waals surface area contributed by atoms with Crippen molar-refractivity contribution in [3.05, 3.63) is 76.3 Å². The number of anilines is 1. The van der Waals surface area contributed by atoms with Crippen molar-refractivity contribution in [3.63, 3.8) is 0 Å². The van der Waals surface area contributed by atoms with Crippen LogP contribution in [0.4, 0.5) is 5.82 Å². The molecule has 0 saturated carbocycles. The van der Waals surface area contributed by atoms with E-state index in [9.17, 15) is 9.59 Å². The fourth-order valence-electron chi connectivity index (χ4n) is 4.68. The Bertz CT molecular complexity index is 1160. The third kappa shape index (κ3) is 4.17. The zero-order valence-electron chi connectivity index (χ0n) is 19.2. The number of aryl methyl sites for hydroxylation is 1. The summed E-state index contributed by atoms with van der Waals surface area (Å²) in [5.41, 5.74) is 4.57. The van der Waals surface area contributed by atoms with Crippen molar-refractivity contribution in [1.82, 2.24) is 10.3 Å². The summed E-state index contributed by atoms with van der Waals surface area (Å²) in [5.74, 6) is 0.489. The van der Waals surface area contributed by atoms with E-state index in [1.54, 1.807) is 13.3 Å². The summed E-state index contributed by atoms with van der Waals surface area (Å²) in [6.07, 6.45) is 2.86. The predicted octanol–water partition coefficient (Wildman–Crippen LogP) is 4.64. The Morgan fingerprint density at radius 1 is 1.19 bits per heavy atom. The largest absolute Gasteiger partial charge is 0.497 e. The summed E-state index contributed by atoms with van der Waals surface area (Å²) in [6.45, 7) is 8.04. The number of carbonyl (C=O) groups is 2. The number of hydrogen-bond acceptors (Lipinski definition) is 5. The maximum atomic E-state index is 13.5. The van der Waals surface area contributed by atoms with E-state index in [1.165, 1.54) is 0 Å². The second kappa shape index (κ2) is 8.26. The van der Waals surface area contributed by atoms with Crippen molar-refractivity contribution in [1.29, 1.82) is 0 Å². The fraction of sp³-hybridized carbons (Fsp3) is 0.346. The lowest BCUT2D eigenvalue weighted by Crippen LogP contribution is -2.39. The highest BCUT2D eigenvalue weighted by molar-refractivity contribution is 6.09. The lowest BCUT2D eigenvalue weighted by atomic mass is 9.68. The van der Waals surface area contributed by atoms with Gasteiger partial charge in [0.1, 0.15) is 11.6 Å². The number of nitrogens with one attached hydrogen (secondary N) is 2.